The highest BCUT2D eigenvalue weighted by atomic mass is 16.6. The van der Waals surface area contributed by atoms with Crippen molar-refractivity contribution in [1.82, 2.24) is 46.3 Å². The maximum Gasteiger partial charge on any atom is 0.415 e. The summed E-state index contributed by atoms with van der Waals surface area (Å²) >= 11 is 0. The number of ether oxygens (including phenoxy) is 1. The number of carbonyl (C=O) groups is 9. The van der Waals surface area contributed by atoms with Gasteiger partial charge in [-0.05, 0) is 118 Å². The lowest BCUT2D eigenvalue weighted by Gasteiger charge is -2.31. The summed E-state index contributed by atoms with van der Waals surface area (Å²) in [5, 5.41) is 21.7. The quantitative estimate of drug-likeness (QED) is 0.0275. The average Bonchev–Trinajstić information content (AvgIpc) is 2.85. The summed E-state index contributed by atoms with van der Waals surface area (Å²) < 4.78 is 6.02. The Morgan fingerprint density at radius 1 is 0.744 bits per heavy atom. The van der Waals surface area contributed by atoms with Crippen molar-refractivity contribution >= 4 is 92.3 Å². The molecular weight excluding hydrogens is 1050 g/mol. The van der Waals surface area contributed by atoms with Gasteiger partial charge in [0.25, 0.3) is 11.8 Å². The molecule has 0 bridgehead atoms. The third-order valence-electron chi connectivity index (χ3n) is 14.1. The first-order valence-corrected chi connectivity index (χ1v) is 27.2. The molecule has 2 aliphatic rings. The van der Waals surface area contributed by atoms with E-state index in [2.05, 4.69) is 60.3 Å². The molecule has 0 saturated carbocycles. The fourth-order valence-electron chi connectivity index (χ4n) is 9.72. The summed E-state index contributed by atoms with van der Waals surface area (Å²) in [7, 11) is 2.01. The molecule has 2 atom stereocenters. The molecule has 0 unspecified atom stereocenters. The number of nitrogens with zero attached hydrogens (tertiary/aromatic N) is 4. The molecule has 0 radical (unpaired) electrons. The maximum atomic E-state index is 14.3. The summed E-state index contributed by atoms with van der Waals surface area (Å²) in [6.45, 7) is 12.9. The molecule has 1 fully saturated rings. The second-order valence-electron chi connectivity index (χ2n) is 20.1. The smallest absolute Gasteiger partial charge is 0.409 e. The van der Waals surface area contributed by atoms with Gasteiger partial charge in [0.1, 0.15) is 17.5 Å². The predicted molar refractivity (Wildman–Crippen MR) is 312 cm³/mol. The van der Waals surface area contributed by atoms with Gasteiger partial charge in [-0.15, -0.1) is 0 Å². The van der Waals surface area contributed by atoms with E-state index in [1.807, 2.05) is 31.3 Å². The highest BCUT2D eigenvalue weighted by Gasteiger charge is 2.31. The van der Waals surface area contributed by atoms with E-state index in [0.717, 1.165) is 29.4 Å². The van der Waals surface area contributed by atoms with Crippen LogP contribution in [0.15, 0.2) is 104 Å². The largest absolute Gasteiger partial charge is 0.415 e. The molecule has 7 rings (SSSR count). The number of hydrogen-bond donors (Lipinski definition) is 10. The van der Waals surface area contributed by atoms with Gasteiger partial charge in [0.2, 0.25) is 23.6 Å². The number of carbonyl (C=O) groups excluding carboxylic acids is 9. The molecule has 434 valence electrons. The lowest BCUT2D eigenvalue weighted by molar-refractivity contribution is -0.128. The topological polar surface area (TPSA) is 328 Å². The summed E-state index contributed by atoms with van der Waals surface area (Å²) in [6, 6.07) is 19.1. The van der Waals surface area contributed by atoms with Gasteiger partial charge in [-0.3, -0.25) is 28.8 Å². The molecule has 2 aliphatic heterocycles. The molecule has 24 nitrogen and oxygen atoms in total. The number of nitrogens with one attached hydrogen (secondary N) is 8. The van der Waals surface area contributed by atoms with Gasteiger partial charge in [-0.2, -0.15) is 0 Å². The number of amides is 11. The van der Waals surface area contributed by atoms with Gasteiger partial charge in [0.05, 0.1) is 11.7 Å². The lowest BCUT2D eigenvalue weighted by Crippen LogP contribution is -2.52. The fourth-order valence-corrected chi connectivity index (χ4v) is 9.72. The number of anilines is 3. The van der Waals surface area contributed by atoms with Crippen molar-refractivity contribution in [2.24, 2.45) is 11.5 Å². The zero-order valence-corrected chi connectivity index (χ0v) is 46.2. The van der Waals surface area contributed by atoms with Crippen molar-refractivity contribution in [2.75, 3.05) is 88.0 Å². The summed E-state index contributed by atoms with van der Waals surface area (Å²) in [4.78, 5) is 127. The molecule has 82 heavy (non-hydrogen) atoms. The number of fused-ring (bicyclic) bond motifs is 4. The van der Waals surface area contributed by atoms with Gasteiger partial charge >= 0.3 is 18.2 Å². The van der Waals surface area contributed by atoms with Crippen LogP contribution in [0.2, 0.25) is 0 Å². The third kappa shape index (κ3) is 16.4. The number of likely N-dealkylation sites (N-methyl/N-ethyl adjacent to an activating group) is 1. The Kier molecular flexibility index (Phi) is 21.1. The Balaban J connectivity index is 0.956. The van der Waals surface area contributed by atoms with Crippen LogP contribution in [0, 0.1) is 0 Å². The molecule has 12 N–H and O–H groups in total. The number of H-pyrrole nitrogens is 1. The molecule has 0 aliphatic carbocycles. The van der Waals surface area contributed by atoms with E-state index in [1.165, 1.54) is 35.2 Å². The Morgan fingerprint density at radius 2 is 1.41 bits per heavy atom. The number of hydrogen-bond acceptors (Lipinski definition) is 12. The van der Waals surface area contributed by atoms with Crippen LogP contribution in [0.25, 0.3) is 21.7 Å². The number of primary amides is 2. The van der Waals surface area contributed by atoms with E-state index in [1.54, 1.807) is 47.1 Å². The number of benzene rings is 4. The van der Waals surface area contributed by atoms with Crippen LogP contribution in [0.1, 0.15) is 71.9 Å². The summed E-state index contributed by atoms with van der Waals surface area (Å²) in [6.07, 6.45) is 2.75. The summed E-state index contributed by atoms with van der Waals surface area (Å²) in [5.74, 6) is -2.05. The second-order valence-corrected chi connectivity index (χ2v) is 20.1. The third-order valence-corrected chi connectivity index (χ3v) is 14.1. The molecule has 1 saturated heterocycles. The first-order chi connectivity index (χ1) is 39.4. The molecule has 11 amide bonds. The van der Waals surface area contributed by atoms with Crippen molar-refractivity contribution in [3.8, 4) is 5.75 Å². The number of urea groups is 2. The van der Waals surface area contributed by atoms with Gasteiger partial charge in [-0.25, -0.2) is 14.4 Å². The van der Waals surface area contributed by atoms with E-state index >= 15 is 0 Å². The first kappa shape index (κ1) is 60.4. The monoisotopic (exact) mass is 1120 g/mol. The predicted octanol–water partition coefficient (Wildman–Crippen LogP) is 4.25. The van der Waals surface area contributed by atoms with Gasteiger partial charge in [-0.1, -0.05) is 37.4 Å². The Hall–Kier alpha value is -9.29. The average molecular weight is 1130 g/mol. The Labute approximate surface area is 474 Å². The number of allylic oxidation sites excluding steroid dienone is 1. The minimum atomic E-state index is -1.10. The molecule has 1 aromatic heterocycles. The van der Waals surface area contributed by atoms with Crippen molar-refractivity contribution < 1.29 is 47.9 Å². The van der Waals surface area contributed by atoms with Crippen LogP contribution < -0.4 is 58.3 Å². The van der Waals surface area contributed by atoms with Crippen molar-refractivity contribution in [3.63, 3.8) is 0 Å². The van der Waals surface area contributed by atoms with Crippen LogP contribution in [-0.2, 0) is 25.6 Å². The van der Waals surface area contributed by atoms with E-state index in [4.69, 9.17) is 16.2 Å². The summed E-state index contributed by atoms with van der Waals surface area (Å²) in [5.41, 5.74) is 14.7. The number of rotatable bonds is 26. The standard InChI is InChI=1S/C58H72N14O10/c1-5-51(74)71(36(2)3)27-10-15-50(73)62-26-25-61-45(13-8-23-63-56(59)79)53(76)68-46(14-9-24-64-57(60)80)54(77)65-39-18-16-37(17-19-39)52(75)66-40-20-21-44-38(33-40)34-47(67-44)55(78)72-28-22-42-41-11-6-7-12-43(41)49(35-48(42)72)82-58(81)70-31-29-69(4)30-32-70/h5-7,11-12,16-21,33-35,45-46,61,67H,1-2,8-10,13-15,22-32H2,3-4H3,(H,62,73)(H,65,77)(H,66,75)(H,68,76)(H3,59,63,79)(H3,60,64,80)/t45-,46-/m0/s1. The van der Waals surface area contributed by atoms with Crippen LogP contribution in [0.3, 0.4) is 0 Å². The van der Waals surface area contributed by atoms with Crippen molar-refractivity contribution in [3.05, 3.63) is 121 Å². The number of aromatic amines is 1. The SMILES string of the molecule is C=CC(=O)N(CCCC(=O)NCCN[C@@H](CCCNC(N)=O)C(=O)N[C@@H](CCCNC(N)=O)C(=O)Nc1ccc(C(=O)Nc2ccc3[nH]c(C(=O)N4CCc5c4cc(OC(=O)N4CCN(C)CC4)c4ccccc54)cc3c2)cc1)C(=C)C. The zero-order chi connectivity index (χ0) is 58.9. The van der Waals surface area contributed by atoms with Gasteiger partial charge in [0, 0.05) is 117 Å². The minimum absolute atomic E-state index is 0.0907. The van der Waals surface area contributed by atoms with E-state index < -0.39 is 48.0 Å². The number of piperazine rings is 1. The normalized spacial score (nSPS) is 13.7. The number of nitrogens with two attached hydrogens (primary N) is 2. The van der Waals surface area contributed by atoms with Crippen molar-refractivity contribution in [2.45, 2.75) is 64.0 Å². The van der Waals surface area contributed by atoms with Crippen LogP contribution >= 0.6 is 0 Å². The maximum absolute atomic E-state index is 14.3. The fraction of sp³-hybridized carbons (Fsp3) is 0.362. The molecule has 4 aromatic carbocycles. The molecule has 0 spiro atoms. The highest BCUT2D eigenvalue weighted by molar-refractivity contribution is 6.12. The van der Waals surface area contributed by atoms with E-state index in [-0.39, 0.29) is 81.7 Å². The molecular formula is C58H72N14O10. The lowest BCUT2D eigenvalue weighted by atomic mass is 10.0. The minimum Gasteiger partial charge on any atom is -0.409 e. The van der Waals surface area contributed by atoms with Crippen LogP contribution in [-0.4, -0.2) is 158 Å². The van der Waals surface area contributed by atoms with Gasteiger partial charge < -0.3 is 78.0 Å². The van der Waals surface area contributed by atoms with Gasteiger partial charge in [0.15, 0.2) is 0 Å². The Morgan fingerprint density at radius 3 is 2.09 bits per heavy atom. The van der Waals surface area contributed by atoms with E-state index in [0.29, 0.717) is 84.0 Å². The Bertz CT molecular complexity index is 3210. The molecule has 24 heteroatoms. The van der Waals surface area contributed by atoms with Crippen molar-refractivity contribution in [1.29, 1.82) is 0 Å². The zero-order valence-electron chi connectivity index (χ0n) is 46.2. The first-order valence-electron chi connectivity index (χ1n) is 27.2. The highest BCUT2D eigenvalue weighted by Crippen LogP contribution is 2.41. The van der Waals surface area contributed by atoms with E-state index in [9.17, 15) is 43.2 Å². The second kappa shape index (κ2) is 28.7. The molecule has 5 aromatic rings. The van der Waals surface area contributed by atoms with Crippen LogP contribution in [0.4, 0.5) is 31.4 Å². The number of aromatic nitrogens is 1. The van der Waals surface area contributed by atoms with Crippen LogP contribution in [0.5, 0.6) is 5.75 Å². The molecule has 3 heterocycles.